The molecule has 0 aliphatic carbocycles. The average Bonchev–Trinajstić information content (AvgIpc) is 2.64. The summed E-state index contributed by atoms with van der Waals surface area (Å²) in [5, 5.41) is 0. The van der Waals surface area contributed by atoms with Gasteiger partial charge in [-0.1, -0.05) is 19.1 Å². The summed E-state index contributed by atoms with van der Waals surface area (Å²) in [6.07, 6.45) is 5.56. The summed E-state index contributed by atoms with van der Waals surface area (Å²) in [4.78, 5) is 18.4. The Morgan fingerprint density at radius 3 is 2.60 bits per heavy atom. The first-order valence-electron chi connectivity index (χ1n) is 8.90. The zero-order chi connectivity index (χ0) is 18.0. The van der Waals surface area contributed by atoms with Crippen molar-refractivity contribution < 1.29 is 9.18 Å². The standard InChI is InChI=1S/C21H25FN2O/c1-4-21(7-9-24(3)10-8-21)18-12-20(23-13-17(18)14-25)16-6-5-15(2)19(22)11-16/h5-6,11-14H,4,7-10H2,1-3H3. The Morgan fingerprint density at radius 2 is 2.00 bits per heavy atom. The highest BCUT2D eigenvalue weighted by atomic mass is 19.1. The third-order valence-corrected chi connectivity index (χ3v) is 5.72. The Bertz CT molecular complexity index is 779. The molecule has 1 fully saturated rings. The zero-order valence-electron chi connectivity index (χ0n) is 15.2. The topological polar surface area (TPSA) is 33.2 Å². The number of carbonyl (C=O) groups excluding carboxylic acids is 1. The SMILES string of the molecule is CCC1(c2cc(-c3ccc(C)c(F)c3)ncc2C=O)CCN(C)CC1. The summed E-state index contributed by atoms with van der Waals surface area (Å²) in [6, 6.07) is 7.18. The number of rotatable bonds is 4. The maximum absolute atomic E-state index is 14.0. The number of aryl methyl sites for hydroxylation is 1. The van der Waals surface area contributed by atoms with Crippen molar-refractivity contribution in [2.24, 2.45) is 0 Å². The third kappa shape index (κ3) is 3.36. The van der Waals surface area contributed by atoms with E-state index < -0.39 is 0 Å². The van der Waals surface area contributed by atoms with Crippen molar-refractivity contribution in [3.8, 4) is 11.3 Å². The van der Waals surface area contributed by atoms with Crippen LogP contribution in [0.4, 0.5) is 4.39 Å². The lowest BCUT2D eigenvalue weighted by Crippen LogP contribution is -2.41. The molecule has 0 radical (unpaired) electrons. The second-order valence-electron chi connectivity index (χ2n) is 7.18. The predicted octanol–water partition coefficient (Wildman–Crippen LogP) is 4.38. The first-order chi connectivity index (χ1) is 12.0. The van der Waals surface area contributed by atoms with E-state index >= 15 is 0 Å². The van der Waals surface area contributed by atoms with E-state index in [0.29, 0.717) is 11.1 Å². The van der Waals surface area contributed by atoms with Crippen molar-refractivity contribution in [1.29, 1.82) is 0 Å². The predicted molar refractivity (Wildman–Crippen MR) is 98.5 cm³/mol. The highest BCUT2D eigenvalue weighted by Crippen LogP contribution is 2.40. The Balaban J connectivity index is 2.08. The van der Waals surface area contributed by atoms with Crippen LogP contribution in [0.25, 0.3) is 11.3 Å². The fourth-order valence-corrected chi connectivity index (χ4v) is 3.79. The van der Waals surface area contributed by atoms with Crippen LogP contribution < -0.4 is 0 Å². The Hall–Kier alpha value is -2.07. The van der Waals surface area contributed by atoms with Crippen molar-refractivity contribution in [1.82, 2.24) is 9.88 Å². The fraction of sp³-hybridized carbons (Fsp3) is 0.429. The van der Waals surface area contributed by atoms with Crippen molar-refractivity contribution >= 4 is 6.29 Å². The van der Waals surface area contributed by atoms with Crippen LogP contribution in [0, 0.1) is 12.7 Å². The molecule has 0 atom stereocenters. The van der Waals surface area contributed by atoms with E-state index in [-0.39, 0.29) is 11.2 Å². The van der Waals surface area contributed by atoms with Crippen LogP contribution in [0.2, 0.25) is 0 Å². The highest BCUT2D eigenvalue weighted by molar-refractivity contribution is 5.79. The van der Waals surface area contributed by atoms with E-state index in [9.17, 15) is 9.18 Å². The molecule has 0 bridgehead atoms. The lowest BCUT2D eigenvalue weighted by molar-refractivity contribution is 0.111. The first-order valence-corrected chi connectivity index (χ1v) is 8.90. The molecule has 0 amide bonds. The van der Waals surface area contributed by atoms with Crippen LogP contribution in [0.5, 0.6) is 0 Å². The van der Waals surface area contributed by atoms with Crippen molar-refractivity contribution in [3.05, 3.63) is 53.0 Å². The Kier molecular flexibility index (Phi) is 5.00. The molecule has 0 spiro atoms. The first kappa shape index (κ1) is 17.7. The minimum absolute atomic E-state index is 0.0102. The van der Waals surface area contributed by atoms with Gasteiger partial charge in [-0.15, -0.1) is 0 Å². The molecule has 0 saturated carbocycles. The van der Waals surface area contributed by atoms with Gasteiger partial charge in [0.15, 0.2) is 6.29 Å². The van der Waals surface area contributed by atoms with Gasteiger partial charge in [-0.05, 0) is 75.0 Å². The monoisotopic (exact) mass is 340 g/mol. The van der Waals surface area contributed by atoms with Gasteiger partial charge in [0.2, 0.25) is 0 Å². The zero-order valence-corrected chi connectivity index (χ0v) is 15.2. The molecule has 3 rings (SSSR count). The number of benzene rings is 1. The molecule has 1 aliphatic heterocycles. The summed E-state index contributed by atoms with van der Waals surface area (Å²) in [5.41, 5.74) is 3.80. The molecule has 4 heteroatoms. The third-order valence-electron chi connectivity index (χ3n) is 5.72. The molecular weight excluding hydrogens is 315 g/mol. The molecular formula is C21H25FN2O. The molecule has 3 nitrogen and oxygen atoms in total. The number of aldehydes is 1. The number of hydrogen-bond acceptors (Lipinski definition) is 3. The Labute approximate surface area is 148 Å². The molecule has 1 aromatic heterocycles. The van der Waals surface area contributed by atoms with Gasteiger partial charge in [0.1, 0.15) is 5.82 Å². The van der Waals surface area contributed by atoms with Gasteiger partial charge in [-0.3, -0.25) is 9.78 Å². The lowest BCUT2D eigenvalue weighted by atomic mass is 9.69. The van der Waals surface area contributed by atoms with E-state index in [1.54, 1.807) is 19.2 Å². The van der Waals surface area contributed by atoms with Crippen LogP contribution in [0.15, 0.2) is 30.5 Å². The van der Waals surface area contributed by atoms with Crippen LogP contribution >= 0.6 is 0 Å². The Morgan fingerprint density at radius 1 is 1.28 bits per heavy atom. The number of halogens is 1. The smallest absolute Gasteiger partial charge is 0.151 e. The largest absolute Gasteiger partial charge is 0.306 e. The molecule has 1 aromatic carbocycles. The fourth-order valence-electron chi connectivity index (χ4n) is 3.79. The molecule has 0 unspecified atom stereocenters. The number of pyridine rings is 1. The van der Waals surface area contributed by atoms with Crippen molar-refractivity contribution in [3.63, 3.8) is 0 Å². The minimum Gasteiger partial charge on any atom is -0.306 e. The average molecular weight is 340 g/mol. The van der Waals surface area contributed by atoms with Gasteiger partial charge >= 0.3 is 0 Å². The van der Waals surface area contributed by atoms with E-state index in [4.69, 9.17) is 0 Å². The molecule has 25 heavy (non-hydrogen) atoms. The van der Waals surface area contributed by atoms with Gasteiger partial charge in [0.25, 0.3) is 0 Å². The maximum atomic E-state index is 14.0. The quantitative estimate of drug-likeness (QED) is 0.774. The summed E-state index contributed by atoms with van der Waals surface area (Å²) < 4.78 is 14.0. The van der Waals surface area contributed by atoms with Crippen LogP contribution in [-0.2, 0) is 5.41 Å². The number of hydrogen-bond donors (Lipinski definition) is 0. The molecule has 2 heterocycles. The van der Waals surface area contributed by atoms with Gasteiger partial charge < -0.3 is 4.90 Å². The number of piperidine rings is 1. The van der Waals surface area contributed by atoms with E-state index in [2.05, 4.69) is 23.9 Å². The summed E-state index contributed by atoms with van der Waals surface area (Å²) in [6.45, 7) is 5.97. The van der Waals surface area contributed by atoms with Gasteiger partial charge in [-0.25, -0.2) is 4.39 Å². The number of nitrogens with zero attached hydrogens (tertiary/aromatic N) is 2. The van der Waals surface area contributed by atoms with Crippen LogP contribution in [0.3, 0.4) is 0 Å². The summed E-state index contributed by atoms with van der Waals surface area (Å²) in [5.74, 6) is -0.232. The number of likely N-dealkylation sites (tertiary alicyclic amines) is 1. The van der Waals surface area contributed by atoms with Gasteiger partial charge in [0, 0.05) is 17.3 Å². The van der Waals surface area contributed by atoms with Gasteiger partial charge in [-0.2, -0.15) is 0 Å². The normalized spacial score (nSPS) is 17.4. The van der Waals surface area contributed by atoms with Crippen molar-refractivity contribution in [2.75, 3.05) is 20.1 Å². The van der Waals surface area contributed by atoms with Gasteiger partial charge in [0.05, 0.1) is 5.69 Å². The van der Waals surface area contributed by atoms with E-state index in [1.807, 2.05) is 12.1 Å². The second kappa shape index (κ2) is 7.04. The molecule has 1 saturated heterocycles. The molecule has 1 aliphatic rings. The minimum atomic E-state index is -0.232. The molecule has 132 valence electrons. The second-order valence-corrected chi connectivity index (χ2v) is 7.18. The summed E-state index contributed by atoms with van der Waals surface area (Å²) in [7, 11) is 2.13. The van der Waals surface area contributed by atoms with Crippen molar-refractivity contribution in [2.45, 2.75) is 38.5 Å². The van der Waals surface area contributed by atoms with E-state index in [0.717, 1.165) is 55.5 Å². The molecule has 2 aromatic rings. The number of carbonyl (C=O) groups is 1. The highest BCUT2D eigenvalue weighted by Gasteiger charge is 2.35. The number of aromatic nitrogens is 1. The summed E-state index contributed by atoms with van der Waals surface area (Å²) >= 11 is 0. The van der Waals surface area contributed by atoms with Crippen LogP contribution in [-0.4, -0.2) is 36.3 Å². The lowest BCUT2D eigenvalue weighted by Gasteiger charge is -2.41. The maximum Gasteiger partial charge on any atom is 0.151 e. The van der Waals surface area contributed by atoms with Crippen LogP contribution in [0.1, 0.15) is 47.7 Å². The van der Waals surface area contributed by atoms with E-state index in [1.165, 1.54) is 6.07 Å². The molecule has 0 N–H and O–H groups in total.